The average molecular weight is 200 g/mol. The summed E-state index contributed by atoms with van der Waals surface area (Å²) in [6.07, 6.45) is 1.04. The van der Waals surface area contributed by atoms with Crippen LogP contribution in [0.4, 0.5) is 0 Å². The van der Waals surface area contributed by atoms with Gasteiger partial charge in [-0.3, -0.25) is 4.98 Å². The molecule has 2 heteroatoms. The van der Waals surface area contributed by atoms with E-state index in [0.29, 0.717) is 12.5 Å². The summed E-state index contributed by atoms with van der Waals surface area (Å²) in [7, 11) is 0. The van der Waals surface area contributed by atoms with Crippen LogP contribution in [0.3, 0.4) is 0 Å². The summed E-state index contributed by atoms with van der Waals surface area (Å²) < 4.78 is 0. The van der Waals surface area contributed by atoms with Gasteiger partial charge in [-0.05, 0) is 18.6 Å². The molecule has 15 heavy (non-hydrogen) atoms. The lowest BCUT2D eigenvalue weighted by molar-refractivity contribution is 0.657. The molecule has 0 saturated carbocycles. The van der Waals surface area contributed by atoms with E-state index in [-0.39, 0.29) is 0 Å². The minimum absolute atomic E-state index is 0.384. The minimum Gasteiger partial charge on any atom is -0.330 e. The van der Waals surface area contributed by atoms with Gasteiger partial charge in [0.15, 0.2) is 0 Å². The second-order valence-corrected chi connectivity index (χ2v) is 3.77. The normalized spacial score (nSPS) is 12.9. The maximum absolute atomic E-state index is 5.72. The van der Waals surface area contributed by atoms with Crippen molar-refractivity contribution in [2.75, 3.05) is 6.54 Å². The van der Waals surface area contributed by atoms with Gasteiger partial charge in [-0.2, -0.15) is 0 Å². The number of benzene rings is 1. The number of nitrogens with zero attached hydrogens (tertiary/aromatic N) is 1. The molecule has 2 rings (SSSR count). The summed E-state index contributed by atoms with van der Waals surface area (Å²) in [5.74, 6) is 0.384. The van der Waals surface area contributed by atoms with E-state index < -0.39 is 0 Å². The van der Waals surface area contributed by atoms with Crippen molar-refractivity contribution in [1.82, 2.24) is 4.98 Å². The SMILES string of the molecule is CCC(CN)c1ccc2ccccc2n1. The van der Waals surface area contributed by atoms with Crippen molar-refractivity contribution in [3.05, 3.63) is 42.1 Å². The second kappa shape index (κ2) is 4.41. The first-order chi connectivity index (χ1) is 7.35. The summed E-state index contributed by atoms with van der Waals surface area (Å²) in [6, 6.07) is 12.4. The first-order valence-electron chi connectivity index (χ1n) is 5.41. The summed E-state index contributed by atoms with van der Waals surface area (Å²) >= 11 is 0. The number of fused-ring (bicyclic) bond motifs is 1. The van der Waals surface area contributed by atoms with Gasteiger partial charge in [0.05, 0.1) is 5.52 Å². The van der Waals surface area contributed by atoms with Crippen LogP contribution in [0.1, 0.15) is 25.0 Å². The molecule has 0 aliphatic heterocycles. The maximum atomic E-state index is 5.72. The van der Waals surface area contributed by atoms with E-state index in [0.717, 1.165) is 17.6 Å². The Bertz CT molecular complexity index is 447. The highest BCUT2D eigenvalue weighted by Gasteiger charge is 2.08. The molecule has 1 aromatic carbocycles. The van der Waals surface area contributed by atoms with Gasteiger partial charge in [-0.15, -0.1) is 0 Å². The molecule has 0 spiro atoms. The van der Waals surface area contributed by atoms with E-state index in [1.807, 2.05) is 18.2 Å². The van der Waals surface area contributed by atoms with Gasteiger partial charge >= 0.3 is 0 Å². The third-order valence-electron chi connectivity index (χ3n) is 2.82. The van der Waals surface area contributed by atoms with Crippen LogP contribution in [0, 0.1) is 0 Å². The number of para-hydroxylation sites is 1. The van der Waals surface area contributed by atoms with Crippen molar-refractivity contribution in [2.24, 2.45) is 5.73 Å². The van der Waals surface area contributed by atoms with Crippen LogP contribution in [0.2, 0.25) is 0 Å². The number of nitrogens with two attached hydrogens (primary N) is 1. The summed E-state index contributed by atoms with van der Waals surface area (Å²) in [4.78, 5) is 4.64. The Morgan fingerprint density at radius 3 is 2.73 bits per heavy atom. The Hall–Kier alpha value is -1.41. The standard InChI is InChI=1S/C13H16N2/c1-2-10(9-14)13-8-7-11-5-3-4-6-12(11)15-13/h3-8,10H,2,9,14H2,1H3. The van der Waals surface area contributed by atoms with Crippen LogP contribution < -0.4 is 5.73 Å². The zero-order valence-corrected chi connectivity index (χ0v) is 8.98. The zero-order valence-electron chi connectivity index (χ0n) is 8.98. The molecular weight excluding hydrogens is 184 g/mol. The molecule has 2 N–H and O–H groups in total. The Kier molecular flexibility index (Phi) is 2.97. The fraction of sp³-hybridized carbons (Fsp3) is 0.308. The van der Waals surface area contributed by atoms with Crippen molar-refractivity contribution < 1.29 is 0 Å². The van der Waals surface area contributed by atoms with E-state index in [1.54, 1.807) is 0 Å². The van der Waals surface area contributed by atoms with Gasteiger partial charge in [0, 0.05) is 23.5 Å². The van der Waals surface area contributed by atoms with Gasteiger partial charge in [-0.25, -0.2) is 0 Å². The highest BCUT2D eigenvalue weighted by molar-refractivity contribution is 5.78. The van der Waals surface area contributed by atoms with Crippen molar-refractivity contribution in [2.45, 2.75) is 19.3 Å². The summed E-state index contributed by atoms with van der Waals surface area (Å²) in [5.41, 5.74) is 7.89. The zero-order chi connectivity index (χ0) is 10.7. The van der Waals surface area contributed by atoms with E-state index >= 15 is 0 Å². The highest BCUT2D eigenvalue weighted by atomic mass is 14.7. The molecule has 0 bridgehead atoms. The van der Waals surface area contributed by atoms with Crippen LogP contribution in [-0.4, -0.2) is 11.5 Å². The molecule has 78 valence electrons. The predicted octanol–water partition coefficient (Wildman–Crippen LogP) is 2.69. The molecule has 0 amide bonds. The molecule has 1 heterocycles. The molecular formula is C13H16N2. The van der Waals surface area contributed by atoms with Crippen molar-refractivity contribution in [3.8, 4) is 0 Å². The predicted molar refractivity (Wildman–Crippen MR) is 63.8 cm³/mol. The largest absolute Gasteiger partial charge is 0.330 e. The lowest BCUT2D eigenvalue weighted by Gasteiger charge is -2.11. The summed E-state index contributed by atoms with van der Waals surface area (Å²) in [5, 5.41) is 1.19. The monoisotopic (exact) mass is 200 g/mol. The third-order valence-corrected chi connectivity index (χ3v) is 2.82. The number of pyridine rings is 1. The Morgan fingerprint density at radius 1 is 1.20 bits per heavy atom. The molecule has 0 aliphatic rings. The first kappa shape index (κ1) is 10.1. The summed E-state index contributed by atoms with van der Waals surface area (Å²) in [6.45, 7) is 2.82. The van der Waals surface area contributed by atoms with Gasteiger partial charge in [-0.1, -0.05) is 31.2 Å². The van der Waals surface area contributed by atoms with Crippen LogP contribution in [0.5, 0.6) is 0 Å². The van der Waals surface area contributed by atoms with Crippen molar-refractivity contribution in [1.29, 1.82) is 0 Å². The van der Waals surface area contributed by atoms with Crippen LogP contribution in [0.15, 0.2) is 36.4 Å². The van der Waals surface area contributed by atoms with Crippen molar-refractivity contribution >= 4 is 10.9 Å². The molecule has 0 fully saturated rings. The van der Waals surface area contributed by atoms with E-state index in [1.165, 1.54) is 5.39 Å². The fourth-order valence-electron chi connectivity index (χ4n) is 1.81. The molecule has 0 saturated heterocycles. The van der Waals surface area contributed by atoms with Gasteiger partial charge in [0.25, 0.3) is 0 Å². The Labute approximate surface area is 90.1 Å². The lowest BCUT2D eigenvalue weighted by Crippen LogP contribution is -2.12. The van der Waals surface area contributed by atoms with Crippen LogP contribution in [0.25, 0.3) is 10.9 Å². The molecule has 0 radical (unpaired) electrons. The fourth-order valence-corrected chi connectivity index (χ4v) is 1.81. The molecule has 1 unspecified atom stereocenters. The van der Waals surface area contributed by atoms with Gasteiger partial charge < -0.3 is 5.73 Å². The molecule has 0 aliphatic carbocycles. The minimum atomic E-state index is 0.384. The number of rotatable bonds is 3. The maximum Gasteiger partial charge on any atom is 0.0705 e. The topological polar surface area (TPSA) is 38.9 Å². The smallest absolute Gasteiger partial charge is 0.0705 e. The molecule has 2 nitrogen and oxygen atoms in total. The second-order valence-electron chi connectivity index (χ2n) is 3.77. The molecule has 1 aromatic heterocycles. The number of aromatic nitrogens is 1. The van der Waals surface area contributed by atoms with E-state index in [4.69, 9.17) is 5.73 Å². The van der Waals surface area contributed by atoms with Crippen LogP contribution >= 0.6 is 0 Å². The first-order valence-corrected chi connectivity index (χ1v) is 5.41. The molecule has 2 aromatic rings. The Balaban J connectivity index is 2.46. The quantitative estimate of drug-likeness (QED) is 0.827. The van der Waals surface area contributed by atoms with Crippen LogP contribution in [-0.2, 0) is 0 Å². The number of hydrogen-bond acceptors (Lipinski definition) is 2. The van der Waals surface area contributed by atoms with Gasteiger partial charge in [0.1, 0.15) is 0 Å². The average Bonchev–Trinajstić information content (AvgIpc) is 2.30. The highest BCUT2D eigenvalue weighted by Crippen LogP contribution is 2.19. The third kappa shape index (κ3) is 2.00. The number of hydrogen-bond donors (Lipinski definition) is 1. The van der Waals surface area contributed by atoms with Crippen molar-refractivity contribution in [3.63, 3.8) is 0 Å². The van der Waals surface area contributed by atoms with Gasteiger partial charge in [0.2, 0.25) is 0 Å². The van der Waals surface area contributed by atoms with E-state index in [9.17, 15) is 0 Å². The Morgan fingerprint density at radius 2 is 2.00 bits per heavy atom. The molecule has 1 atom stereocenters. The lowest BCUT2D eigenvalue weighted by atomic mass is 10.0. The van der Waals surface area contributed by atoms with E-state index in [2.05, 4.69) is 30.1 Å².